The first-order valence-electron chi connectivity index (χ1n) is 38.0. The van der Waals surface area contributed by atoms with Crippen LogP contribution in [0.2, 0.25) is 10.6 Å². The van der Waals surface area contributed by atoms with Crippen molar-refractivity contribution in [2.45, 2.75) is 70.1 Å². The zero-order chi connectivity index (χ0) is 87.7. The second-order valence-electron chi connectivity index (χ2n) is 28.4. The number of fused-ring (bicyclic) bond motifs is 4. The van der Waals surface area contributed by atoms with Crippen LogP contribution in [0.4, 0.5) is 41.2 Å². The predicted octanol–water partition coefficient (Wildman–Crippen LogP) is 14.6. The first-order chi connectivity index (χ1) is 58.4. The molecule has 32 nitrogen and oxygen atoms in total. The highest BCUT2D eigenvalue weighted by Crippen LogP contribution is 2.41. The number of carbonyl (C=O) groups excluding carboxylic acids is 1. The molecule has 8 aromatic heterocycles. The summed E-state index contributed by atoms with van der Waals surface area (Å²) in [6.07, 6.45) is 5.53. The van der Waals surface area contributed by atoms with Gasteiger partial charge in [-0.15, -0.1) is 0 Å². The van der Waals surface area contributed by atoms with E-state index < -0.39 is 24.9 Å². The Morgan fingerprint density at radius 3 is 1.23 bits per heavy atom. The van der Waals surface area contributed by atoms with E-state index in [-0.39, 0.29) is 16.7 Å². The molecule has 6 N–H and O–H groups in total. The van der Waals surface area contributed by atoms with Crippen LogP contribution in [0.5, 0.6) is 34.5 Å². The van der Waals surface area contributed by atoms with E-state index in [0.29, 0.717) is 63.9 Å². The van der Waals surface area contributed by atoms with Gasteiger partial charge in [0.15, 0.2) is 4.60 Å². The molecule has 0 bridgehead atoms. The highest BCUT2D eigenvalue weighted by Gasteiger charge is 2.38. The number of likely N-dealkylation sites (tertiary alicyclic amines) is 1. The van der Waals surface area contributed by atoms with Crippen LogP contribution in [0.25, 0.3) is 77.9 Å². The lowest BCUT2D eigenvalue weighted by molar-refractivity contribution is -0.192. The Hall–Kier alpha value is -12.5. The summed E-state index contributed by atoms with van der Waals surface area (Å²) in [6.45, 7) is 9.10. The number of carboxylic acids is 1. The quantitative estimate of drug-likeness (QED) is 0.0386. The van der Waals surface area contributed by atoms with Crippen molar-refractivity contribution in [1.29, 1.82) is 0 Å². The second kappa shape index (κ2) is 40.7. The van der Waals surface area contributed by atoms with Gasteiger partial charge in [-0.3, -0.25) is 18.7 Å². The number of anilines is 4. The fourth-order valence-corrected chi connectivity index (χ4v) is 14.2. The van der Waals surface area contributed by atoms with Gasteiger partial charge in [0.05, 0.1) is 78.8 Å². The van der Waals surface area contributed by atoms with Crippen LogP contribution in [-0.2, 0) is 37.7 Å². The number of methoxy groups -OCH3 is 6. The molecule has 122 heavy (non-hydrogen) atoms. The Morgan fingerprint density at radius 2 is 0.844 bits per heavy atom. The molecule has 638 valence electrons. The van der Waals surface area contributed by atoms with E-state index in [0.717, 1.165) is 146 Å². The van der Waals surface area contributed by atoms with Gasteiger partial charge in [0, 0.05) is 63.4 Å². The molecule has 0 spiro atoms. The number of aromatic nitrogens is 16. The summed E-state index contributed by atoms with van der Waals surface area (Å²) in [5, 5.41) is 53.2. The fraction of sp³-hybridized carbons (Fsp3) is 0.301. The van der Waals surface area contributed by atoms with Gasteiger partial charge < -0.3 is 69.2 Å². The summed E-state index contributed by atoms with van der Waals surface area (Å²) < 4.78 is 77.7. The van der Waals surface area contributed by atoms with E-state index in [1.165, 1.54) is 18.2 Å². The van der Waals surface area contributed by atoms with Gasteiger partial charge in [-0.2, -0.15) is 33.6 Å². The van der Waals surface area contributed by atoms with Crippen molar-refractivity contribution in [3.63, 3.8) is 0 Å². The molecule has 10 heterocycles. The van der Waals surface area contributed by atoms with Crippen LogP contribution in [0.15, 0.2) is 163 Å². The maximum absolute atomic E-state index is 12.4. The highest BCUT2D eigenvalue weighted by molar-refractivity contribution is 9.10. The van der Waals surface area contributed by atoms with E-state index >= 15 is 0 Å². The maximum Gasteiger partial charge on any atom is 0.492 e. The number of alkyl halides is 3. The molecule has 0 unspecified atom stereocenters. The normalized spacial score (nSPS) is 12.8. The SMILES string of the molecule is COc1cc(C2CCN(C(=O)OC(C)(C)C)CC2)ccc1Nc1ncc2c(n1)c(-c1ccccc1OC)nn2C.COc1cc(C2CCNCC2)ccc1Nc1ncc2c(n1)c(-c1ccccc1OC)nn2C.COc1ccccc1-c1nn(C)c2cnc(Cl)nc12.COc1ccccc1B(O)O.Cn1nc(Br)c2nc(Cl)ncc21.O=C(O)C(F)(F)F. The third-order valence-electron chi connectivity index (χ3n) is 19.4. The number of nitrogens with zero attached hydrogens (tertiary/aromatic N) is 17. The standard InChI is InChI=1S/C30H36N6O4.C25H28N6O2.C13H11ClN4O.C7H9BO3.C6H4BrClN4.C2HF3O2/c1-30(2,3)40-29(37)36-15-13-19(14-16-36)20-11-12-22(25(17-20)39-6)32-28-31-18-23-27(33-28)26(34-35(23)4)21-9-7-8-10-24(21)38-5;1-31-20-15-27-25(29-24(20)23(30-31)18-6-4-5-7-21(18)32-2)28-19-9-8-17(14-22(19)33-3)16-10-12-26-13-11-16;1-18-9-7-15-13(14)16-12(9)11(17-18)8-5-3-4-6-10(8)19-2;1-11-7-5-3-2-4-6(7)8(9)10;1-12-3-2-9-6(8)10-4(3)5(7)11-12;3-2(4,5)1(6)7/h7-12,17-19H,13-16H2,1-6H3,(H,31,32,33);4-9,14-16,26H,10-13H2,1-3H3,(H,27,28,29);3-7H,1-2H3;2-5,9-10H,1H3;2H,1H3;(H,6,7). The zero-order valence-electron chi connectivity index (χ0n) is 68.8. The number of hydrogen-bond donors (Lipinski definition) is 6. The van der Waals surface area contributed by atoms with Gasteiger partial charge in [-0.05, 0) is 188 Å². The third kappa shape index (κ3) is 22.2. The largest absolute Gasteiger partial charge is 0.497 e. The average molecular weight is 1780 g/mol. The topological polar surface area (TPSA) is 373 Å². The van der Waals surface area contributed by atoms with Crippen molar-refractivity contribution >= 4 is 131 Å². The Bertz CT molecular complexity index is 5980. The summed E-state index contributed by atoms with van der Waals surface area (Å²) in [5.41, 5.74) is 15.1. The Morgan fingerprint density at radius 1 is 0.492 bits per heavy atom. The van der Waals surface area contributed by atoms with E-state index in [2.05, 4.69) is 96.2 Å². The van der Waals surface area contributed by atoms with Gasteiger partial charge in [0.1, 0.15) is 101 Å². The van der Waals surface area contributed by atoms with E-state index in [4.69, 9.17) is 96.5 Å². The molecule has 6 aromatic carbocycles. The number of carbonyl (C=O) groups is 2. The van der Waals surface area contributed by atoms with Crippen LogP contribution in [0, 0.1) is 0 Å². The fourth-order valence-electron chi connectivity index (χ4n) is 13.4. The van der Waals surface area contributed by atoms with Crippen LogP contribution in [0.3, 0.4) is 0 Å². The predicted molar refractivity (Wildman–Crippen MR) is 463 cm³/mol. The number of benzene rings is 6. The first kappa shape index (κ1) is 90.2. The zero-order valence-corrected chi connectivity index (χ0v) is 71.9. The smallest absolute Gasteiger partial charge is 0.492 e. The maximum atomic E-state index is 12.4. The first-order valence-corrected chi connectivity index (χ1v) is 39.5. The van der Waals surface area contributed by atoms with Crippen LogP contribution in [-0.4, -0.2) is 199 Å². The molecule has 14 aromatic rings. The summed E-state index contributed by atoms with van der Waals surface area (Å²) in [5.74, 6) is 3.25. The number of hydrogen-bond acceptors (Lipinski definition) is 26. The highest BCUT2D eigenvalue weighted by atomic mass is 79.9. The van der Waals surface area contributed by atoms with Gasteiger partial charge in [0.25, 0.3) is 0 Å². The molecule has 2 fully saturated rings. The Balaban J connectivity index is 0.000000157. The van der Waals surface area contributed by atoms with E-state index in [1.54, 1.807) is 108 Å². The second-order valence-corrected chi connectivity index (χ2v) is 29.8. The van der Waals surface area contributed by atoms with Gasteiger partial charge in [-0.1, -0.05) is 66.7 Å². The summed E-state index contributed by atoms with van der Waals surface area (Å²) >= 11 is 14.8. The molecular weight excluding hydrogens is 1690 g/mol. The summed E-state index contributed by atoms with van der Waals surface area (Å²) in [4.78, 5) is 57.9. The number of piperidine rings is 2. The lowest BCUT2D eigenvalue weighted by atomic mass is 9.80. The van der Waals surface area contributed by atoms with Crippen molar-refractivity contribution < 1.29 is 71.1 Å². The van der Waals surface area contributed by atoms with Crippen molar-refractivity contribution in [2.24, 2.45) is 28.2 Å². The van der Waals surface area contributed by atoms with Crippen LogP contribution in [0.1, 0.15) is 69.4 Å². The third-order valence-corrected chi connectivity index (χ3v) is 20.3. The number of amides is 1. The van der Waals surface area contributed by atoms with Crippen molar-refractivity contribution in [3.8, 4) is 68.3 Å². The lowest BCUT2D eigenvalue weighted by Gasteiger charge is -2.33. The van der Waals surface area contributed by atoms with Crippen molar-refractivity contribution in [1.82, 2.24) is 89.2 Å². The van der Waals surface area contributed by atoms with Crippen molar-refractivity contribution in [2.75, 3.05) is 79.5 Å². The molecule has 1 amide bonds. The molecule has 0 atom stereocenters. The minimum atomic E-state index is -5.08. The monoisotopic (exact) mass is 1770 g/mol. The summed E-state index contributed by atoms with van der Waals surface area (Å²) in [6, 6.07) is 42.5. The Labute approximate surface area is 718 Å². The van der Waals surface area contributed by atoms with Crippen molar-refractivity contribution in [3.05, 3.63) is 185 Å². The number of carboxylic acid groups (broad SMARTS) is 1. The minimum Gasteiger partial charge on any atom is -0.497 e. The average Bonchev–Trinajstić information content (AvgIpc) is 1.63. The lowest BCUT2D eigenvalue weighted by Crippen LogP contribution is -2.41. The van der Waals surface area contributed by atoms with Gasteiger partial charge in [-0.25, -0.2) is 49.5 Å². The van der Waals surface area contributed by atoms with E-state index in [1.807, 2.05) is 134 Å². The van der Waals surface area contributed by atoms with Crippen LogP contribution >= 0.6 is 39.1 Å². The number of para-hydroxylation sites is 4. The molecule has 39 heteroatoms. The molecule has 16 rings (SSSR count). The summed E-state index contributed by atoms with van der Waals surface area (Å²) in [7, 11) is 15.7. The van der Waals surface area contributed by atoms with Crippen LogP contribution < -0.4 is 49.8 Å². The van der Waals surface area contributed by atoms with E-state index in [9.17, 15) is 18.0 Å². The number of ether oxygens (including phenoxy) is 7. The molecule has 2 aliphatic heterocycles. The molecule has 0 aliphatic carbocycles. The number of halogens is 6. The molecular formula is C83H89BBrCl2F3N20O12. The molecule has 0 radical (unpaired) electrons. The Kier molecular flexibility index (Phi) is 30.1. The molecule has 2 saturated heterocycles. The number of aliphatic carboxylic acids is 1. The minimum absolute atomic E-state index is 0.205. The number of aryl methyl sites for hydroxylation is 4. The van der Waals surface area contributed by atoms with Gasteiger partial charge >= 0.3 is 25.4 Å². The number of rotatable bonds is 16. The van der Waals surface area contributed by atoms with Gasteiger partial charge in [0.2, 0.25) is 22.5 Å². The number of nitrogens with one attached hydrogen (secondary N) is 3. The molecule has 2 aliphatic rings. The molecule has 0 saturated carbocycles.